The Hall–Kier alpha value is -1.22. The first-order valence-electron chi connectivity index (χ1n) is 8.73. The molecule has 1 aromatic carbocycles. The van der Waals surface area contributed by atoms with Crippen molar-refractivity contribution in [3.05, 3.63) is 23.8 Å². The third kappa shape index (κ3) is 5.37. The van der Waals surface area contributed by atoms with E-state index >= 15 is 0 Å². The number of morpholine rings is 1. The van der Waals surface area contributed by atoms with E-state index in [1.54, 1.807) is 7.11 Å². The van der Waals surface area contributed by atoms with Crippen LogP contribution in [0, 0.1) is 0 Å². The van der Waals surface area contributed by atoms with Gasteiger partial charge in [0.05, 0.1) is 33.0 Å². The van der Waals surface area contributed by atoms with Crippen LogP contribution in [0.4, 0.5) is 0 Å². The van der Waals surface area contributed by atoms with Crippen LogP contribution in [-0.2, 0) is 11.3 Å². The fourth-order valence-corrected chi connectivity index (χ4v) is 3.21. The average molecular weight is 461 g/mol. The van der Waals surface area contributed by atoms with Crippen molar-refractivity contribution in [2.75, 3.05) is 33.4 Å². The van der Waals surface area contributed by atoms with Crippen LogP contribution in [0.25, 0.3) is 0 Å². The van der Waals surface area contributed by atoms with E-state index in [-0.39, 0.29) is 30.1 Å². The SMILES string of the molecule is COc1cccc(CN=C(N)N2CCOCC2)c1OC1CCCC1.I. The molecule has 1 aliphatic carbocycles. The van der Waals surface area contributed by atoms with Gasteiger partial charge in [-0.15, -0.1) is 24.0 Å². The molecule has 2 N–H and O–H groups in total. The maximum atomic E-state index is 6.24. The van der Waals surface area contributed by atoms with Crippen molar-refractivity contribution in [2.45, 2.75) is 38.3 Å². The summed E-state index contributed by atoms with van der Waals surface area (Å²) in [5, 5.41) is 0. The third-order valence-electron chi connectivity index (χ3n) is 4.61. The molecule has 0 atom stereocenters. The van der Waals surface area contributed by atoms with Gasteiger partial charge in [-0.05, 0) is 31.7 Å². The Morgan fingerprint density at radius 3 is 2.68 bits per heavy atom. The van der Waals surface area contributed by atoms with Gasteiger partial charge in [-0.2, -0.15) is 0 Å². The van der Waals surface area contributed by atoms with Crippen molar-refractivity contribution in [3.8, 4) is 11.5 Å². The standard InChI is InChI=1S/C18H27N3O3.HI/c1-22-16-8-4-5-14(17(16)24-15-6-2-3-7-15)13-20-18(19)21-9-11-23-12-10-21;/h4-5,8,15H,2-3,6-7,9-13H2,1H3,(H2,19,20);1H. The number of nitrogens with zero attached hydrogens (tertiary/aromatic N) is 2. The molecule has 140 valence electrons. The number of methoxy groups -OCH3 is 1. The summed E-state index contributed by atoms with van der Waals surface area (Å²) in [5.74, 6) is 2.14. The van der Waals surface area contributed by atoms with Gasteiger partial charge in [0.15, 0.2) is 17.5 Å². The highest BCUT2D eigenvalue weighted by atomic mass is 127. The smallest absolute Gasteiger partial charge is 0.191 e. The summed E-state index contributed by atoms with van der Waals surface area (Å²) in [6.07, 6.45) is 4.96. The fourth-order valence-electron chi connectivity index (χ4n) is 3.21. The number of nitrogens with two attached hydrogens (primary N) is 1. The van der Waals surface area contributed by atoms with Gasteiger partial charge in [0.1, 0.15) is 0 Å². The van der Waals surface area contributed by atoms with Gasteiger partial charge in [0.25, 0.3) is 0 Å². The predicted molar refractivity (Wildman–Crippen MR) is 109 cm³/mol. The van der Waals surface area contributed by atoms with Gasteiger partial charge in [-0.3, -0.25) is 0 Å². The number of guanidine groups is 1. The molecule has 1 saturated heterocycles. The van der Waals surface area contributed by atoms with E-state index in [1.807, 2.05) is 18.2 Å². The van der Waals surface area contributed by atoms with E-state index in [0.29, 0.717) is 25.7 Å². The summed E-state index contributed by atoms with van der Waals surface area (Å²) in [7, 11) is 1.67. The molecule has 2 aliphatic rings. The number of para-hydroxylation sites is 1. The van der Waals surface area contributed by atoms with E-state index in [4.69, 9.17) is 19.9 Å². The number of benzene rings is 1. The molecule has 0 spiro atoms. The van der Waals surface area contributed by atoms with Crippen LogP contribution >= 0.6 is 24.0 Å². The molecule has 3 rings (SSSR count). The average Bonchev–Trinajstić information content (AvgIpc) is 3.14. The molecular weight excluding hydrogens is 433 g/mol. The topological polar surface area (TPSA) is 69.3 Å². The van der Waals surface area contributed by atoms with E-state index < -0.39 is 0 Å². The Bertz CT molecular complexity index is 571. The lowest BCUT2D eigenvalue weighted by atomic mass is 10.1. The molecule has 1 saturated carbocycles. The second-order valence-corrected chi connectivity index (χ2v) is 6.25. The molecule has 7 heteroatoms. The number of ether oxygens (including phenoxy) is 3. The summed E-state index contributed by atoms with van der Waals surface area (Å²) < 4.78 is 17.1. The van der Waals surface area contributed by atoms with Crippen molar-refractivity contribution < 1.29 is 14.2 Å². The minimum atomic E-state index is 0. The summed E-state index contributed by atoms with van der Waals surface area (Å²) in [6, 6.07) is 5.93. The van der Waals surface area contributed by atoms with Crippen LogP contribution < -0.4 is 15.2 Å². The molecule has 1 heterocycles. The Morgan fingerprint density at radius 1 is 1.28 bits per heavy atom. The van der Waals surface area contributed by atoms with Crippen LogP contribution in [0.3, 0.4) is 0 Å². The summed E-state index contributed by atoms with van der Waals surface area (Å²) in [6.45, 7) is 3.47. The summed E-state index contributed by atoms with van der Waals surface area (Å²) in [5.41, 5.74) is 7.14. The van der Waals surface area contributed by atoms with Crippen molar-refractivity contribution in [1.82, 2.24) is 4.90 Å². The van der Waals surface area contributed by atoms with E-state index in [1.165, 1.54) is 12.8 Å². The second-order valence-electron chi connectivity index (χ2n) is 6.25. The van der Waals surface area contributed by atoms with Crippen LogP contribution in [-0.4, -0.2) is 50.4 Å². The number of halogens is 1. The van der Waals surface area contributed by atoms with Gasteiger partial charge in [-0.1, -0.05) is 12.1 Å². The zero-order valence-corrected chi connectivity index (χ0v) is 17.1. The van der Waals surface area contributed by atoms with E-state index in [0.717, 1.165) is 43.0 Å². The predicted octanol–water partition coefficient (Wildman–Crippen LogP) is 2.78. The largest absolute Gasteiger partial charge is 0.493 e. The lowest BCUT2D eigenvalue weighted by Crippen LogP contribution is -2.44. The maximum Gasteiger partial charge on any atom is 0.191 e. The maximum absolute atomic E-state index is 6.24. The molecule has 25 heavy (non-hydrogen) atoms. The molecule has 0 amide bonds. The van der Waals surface area contributed by atoms with Crippen LogP contribution in [0.2, 0.25) is 0 Å². The molecule has 2 fully saturated rings. The first-order valence-corrected chi connectivity index (χ1v) is 8.73. The molecule has 6 nitrogen and oxygen atoms in total. The Kier molecular flexibility index (Phi) is 8.08. The first kappa shape index (κ1) is 20.1. The van der Waals surface area contributed by atoms with Gasteiger partial charge in [-0.25, -0.2) is 4.99 Å². The van der Waals surface area contributed by atoms with Crippen LogP contribution in [0.5, 0.6) is 11.5 Å². The van der Waals surface area contributed by atoms with Gasteiger partial charge in [0.2, 0.25) is 0 Å². The summed E-state index contributed by atoms with van der Waals surface area (Å²) in [4.78, 5) is 6.61. The Balaban J connectivity index is 0.00000225. The second kappa shape index (κ2) is 10.1. The third-order valence-corrected chi connectivity index (χ3v) is 4.61. The highest BCUT2D eigenvalue weighted by molar-refractivity contribution is 14.0. The first-order chi connectivity index (χ1) is 11.8. The number of aliphatic imine (C=N–C) groups is 1. The molecule has 0 aromatic heterocycles. The highest BCUT2D eigenvalue weighted by Crippen LogP contribution is 2.35. The molecule has 1 aromatic rings. The number of rotatable bonds is 5. The Labute approximate surface area is 166 Å². The monoisotopic (exact) mass is 461 g/mol. The fraction of sp³-hybridized carbons (Fsp3) is 0.611. The van der Waals surface area contributed by atoms with Gasteiger partial charge < -0.3 is 24.8 Å². The zero-order chi connectivity index (χ0) is 16.8. The van der Waals surface area contributed by atoms with E-state index in [2.05, 4.69) is 9.89 Å². The number of hydrogen-bond donors (Lipinski definition) is 1. The highest BCUT2D eigenvalue weighted by Gasteiger charge is 2.20. The van der Waals surface area contributed by atoms with Crippen molar-refractivity contribution in [2.24, 2.45) is 10.7 Å². The lowest BCUT2D eigenvalue weighted by molar-refractivity contribution is 0.0674. The van der Waals surface area contributed by atoms with Crippen molar-refractivity contribution in [1.29, 1.82) is 0 Å². The number of hydrogen-bond acceptors (Lipinski definition) is 4. The van der Waals surface area contributed by atoms with Gasteiger partial charge in [0, 0.05) is 18.7 Å². The van der Waals surface area contributed by atoms with Crippen molar-refractivity contribution >= 4 is 29.9 Å². The minimum Gasteiger partial charge on any atom is -0.493 e. The molecule has 0 unspecified atom stereocenters. The Morgan fingerprint density at radius 2 is 2.00 bits per heavy atom. The molecule has 0 bridgehead atoms. The quantitative estimate of drug-likeness (QED) is 0.415. The molecule has 1 aliphatic heterocycles. The molecule has 0 radical (unpaired) electrons. The minimum absolute atomic E-state index is 0. The normalized spacial score (nSPS) is 18.8. The van der Waals surface area contributed by atoms with Crippen LogP contribution in [0.15, 0.2) is 23.2 Å². The lowest BCUT2D eigenvalue weighted by Gasteiger charge is -2.27. The van der Waals surface area contributed by atoms with Gasteiger partial charge >= 0.3 is 0 Å². The summed E-state index contributed by atoms with van der Waals surface area (Å²) >= 11 is 0. The van der Waals surface area contributed by atoms with E-state index in [9.17, 15) is 0 Å². The van der Waals surface area contributed by atoms with Crippen LogP contribution in [0.1, 0.15) is 31.2 Å². The zero-order valence-electron chi connectivity index (χ0n) is 14.8. The van der Waals surface area contributed by atoms with Crippen molar-refractivity contribution in [3.63, 3.8) is 0 Å². The molecular formula is C18H28IN3O3.